The summed E-state index contributed by atoms with van der Waals surface area (Å²) >= 11 is 0. The van der Waals surface area contributed by atoms with Crippen LogP contribution in [-0.2, 0) is 9.47 Å². The fraction of sp³-hybridized carbons (Fsp3) is 0.852. The zero-order chi connectivity index (χ0) is 22.2. The van der Waals surface area contributed by atoms with Crippen molar-refractivity contribution in [2.75, 3.05) is 53.5 Å². The van der Waals surface area contributed by atoms with Gasteiger partial charge < -0.3 is 19.3 Å². The average molecular weight is 433 g/mol. The van der Waals surface area contributed by atoms with E-state index in [0.717, 1.165) is 43.7 Å². The van der Waals surface area contributed by atoms with Crippen LogP contribution in [0.3, 0.4) is 0 Å². The van der Waals surface area contributed by atoms with Crippen LogP contribution in [0.1, 0.15) is 84.5 Å². The predicted molar refractivity (Wildman–Crippen MR) is 130 cm³/mol. The van der Waals surface area contributed by atoms with E-state index >= 15 is 0 Å². The van der Waals surface area contributed by atoms with Crippen molar-refractivity contribution in [3.63, 3.8) is 0 Å². The Kier molecular flexibility index (Phi) is 9.33. The lowest BCUT2D eigenvalue weighted by Gasteiger charge is -2.42. The number of unbranched alkanes of at least 4 members (excludes halogenated alkanes) is 3. The number of hydrogen-bond acceptors (Lipinski definition) is 4. The normalized spacial score (nSPS) is 23.2. The second-order valence-electron chi connectivity index (χ2n) is 10.2. The van der Waals surface area contributed by atoms with Gasteiger partial charge in [-0.15, -0.1) is 0 Å². The molecule has 0 radical (unpaired) electrons. The molecule has 0 saturated carbocycles. The minimum absolute atomic E-state index is 0.0684. The zero-order valence-electron chi connectivity index (χ0n) is 20.9. The van der Waals surface area contributed by atoms with Crippen LogP contribution in [-0.4, -0.2) is 63.3 Å². The number of likely N-dealkylation sites (tertiary alicyclic amines) is 2. The summed E-state index contributed by atoms with van der Waals surface area (Å²) in [7, 11) is 3.71. The van der Waals surface area contributed by atoms with E-state index in [-0.39, 0.29) is 10.8 Å². The summed E-state index contributed by atoms with van der Waals surface area (Å²) in [5.41, 5.74) is 0.0123. The van der Waals surface area contributed by atoms with Gasteiger partial charge in [0.05, 0.1) is 19.6 Å². The van der Waals surface area contributed by atoms with Crippen molar-refractivity contribution >= 4 is 0 Å². The Morgan fingerprint density at radius 1 is 0.774 bits per heavy atom. The predicted octanol–water partition coefficient (Wildman–Crippen LogP) is 6.00. The molecular formula is C27H48N2O2. The standard InChI is InChI=1S/C27H48N2O2/c1-5-13-27(14-6-2)24(30-3)21-26(22-25(27)31-4)15-20-29(23-26)19-10-8-7-9-16-28-17-11-12-18-28/h21-22H,5-20,23H2,1-4H3. The SMILES string of the molecule is CCCC1(CCC)C(OC)=CC2(C=C1OC)CCN(CCCCCCN1CCCC1)C2. The molecule has 2 aliphatic heterocycles. The zero-order valence-corrected chi connectivity index (χ0v) is 20.9. The second-order valence-corrected chi connectivity index (χ2v) is 10.2. The Hall–Kier alpha value is -1.00. The summed E-state index contributed by atoms with van der Waals surface area (Å²) in [4.78, 5) is 5.31. The van der Waals surface area contributed by atoms with Gasteiger partial charge in [0, 0.05) is 12.0 Å². The molecule has 31 heavy (non-hydrogen) atoms. The highest BCUT2D eigenvalue weighted by molar-refractivity contribution is 5.35. The summed E-state index contributed by atoms with van der Waals surface area (Å²) in [5.74, 6) is 2.30. The van der Waals surface area contributed by atoms with Crippen molar-refractivity contribution in [1.29, 1.82) is 0 Å². The van der Waals surface area contributed by atoms with Gasteiger partial charge in [0.1, 0.15) is 11.5 Å². The molecule has 0 aromatic heterocycles. The maximum atomic E-state index is 6.05. The number of hydrogen-bond donors (Lipinski definition) is 0. The summed E-state index contributed by atoms with van der Waals surface area (Å²) < 4.78 is 12.1. The molecule has 0 aromatic carbocycles. The molecule has 0 N–H and O–H groups in total. The third-order valence-electron chi connectivity index (χ3n) is 7.88. The smallest absolute Gasteiger partial charge is 0.106 e. The van der Waals surface area contributed by atoms with E-state index < -0.39 is 0 Å². The molecule has 4 heteroatoms. The molecule has 3 aliphatic rings. The highest BCUT2D eigenvalue weighted by atomic mass is 16.5. The molecule has 0 amide bonds. The van der Waals surface area contributed by atoms with Gasteiger partial charge in [0.2, 0.25) is 0 Å². The van der Waals surface area contributed by atoms with Crippen LogP contribution in [0.25, 0.3) is 0 Å². The fourth-order valence-corrected chi connectivity index (χ4v) is 6.34. The van der Waals surface area contributed by atoms with Crippen molar-refractivity contribution < 1.29 is 9.47 Å². The third kappa shape index (κ3) is 5.87. The summed E-state index contributed by atoms with van der Waals surface area (Å²) in [5, 5.41) is 0. The largest absolute Gasteiger partial charge is 0.500 e. The Morgan fingerprint density at radius 2 is 1.32 bits per heavy atom. The fourth-order valence-electron chi connectivity index (χ4n) is 6.34. The maximum Gasteiger partial charge on any atom is 0.106 e. The first kappa shape index (κ1) is 24.6. The Morgan fingerprint density at radius 3 is 1.84 bits per heavy atom. The molecule has 0 unspecified atom stereocenters. The molecule has 2 heterocycles. The van der Waals surface area contributed by atoms with Gasteiger partial charge in [-0.3, -0.25) is 0 Å². The van der Waals surface area contributed by atoms with Crippen molar-refractivity contribution in [3.8, 4) is 0 Å². The second kappa shape index (κ2) is 11.7. The first-order valence-electron chi connectivity index (χ1n) is 13.1. The van der Waals surface area contributed by atoms with Crippen molar-refractivity contribution in [2.45, 2.75) is 84.5 Å². The van der Waals surface area contributed by atoms with Gasteiger partial charge in [-0.2, -0.15) is 0 Å². The number of methoxy groups -OCH3 is 2. The average Bonchev–Trinajstić information content (AvgIpc) is 3.43. The number of ether oxygens (including phenoxy) is 2. The molecule has 178 valence electrons. The van der Waals surface area contributed by atoms with Crippen LogP contribution >= 0.6 is 0 Å². The van der Waals surface area contributed by atoms with E-state index in [1.807, 2.05) is 14.2 Å². The molecule has 2 fully saturated rings. The highest BCUT2D eigenvalue weighted by Crippen LogP contribution is 2.53. The quantitative estimate of drug-likeness (QED) is 0.333. The van der Waals surface area contributed by atoms with Crippen molar-refractivity contribution in [1.82, 2.24) is 9.80 Å². The topological polar surface area (TPSA) is 24.9 Å². The van der Waals surface area contributed by atoms with Crippen LogP contribution in [0.4, 0.5) is 0 Å². The lowest BCUT2D eigenvalue weighted by atomic mass is 9.67. The maximum absolute atomic E-state index is 6.05. The number of nitrogens with zero attached hydrogens (tertiary/aromatic N) is 2. The van der Waals surface area contributed by atoms with Crippen LogP contribution in [0.15, 0.2) is 23.7 Å². The summed E-state index contributed by atoms with van der Waals surface area (Å²) in [6.07, 6.45) is 18.9. The molecule has 3 rings (SSSR count). The Labute approximate surface area is 192 Å². The van der Waals surface area contributed by atoms with E-state index in [1.54, 1.807) is 0 Å². The number of rotatable bonds is 13. The van der Waals surface area contributed by atoms with Crippen LogP contribution in [0.2, 0.25) is 0 Å². The van der Waals surface area contributed by atoms with Crippen LogP contribution in [0.5, 0.6) is 0 Å². The van der Waals surface area contributed by atoms with Gasteiger partial charge in [0.15, 0.2) is 0 Å². The van der Waals surface area contributed by atoms with Crippen molar-refractivity contribution in [3.05, 3.63) is 23.7 Å². The molecular weight excluding hydrogens is 384 g/mol. The van der Waals surface area contributed by atoms with Gasteiger partial charge in [0.25, 0.3) is 0 Å². The minimum atomic E-state index is -0.0684. The lowest BCUT2D eigenvalue weighted by Crippen LogP contribution is -2.36. The summed E-state index contributed by atoms with van der Waals surface area (Å²) in [6, 6.07) is 0. The van der Waals surface area contributed by atoms with Gasteiger partial charge in [-0.05, 0) is 89.8 Å². The first-order valence-corrected chi connectivity index (χ1v) is 13.1. The molecule has 4 nitrogen and oxygen atoms in total. The van der Waals surface area contributed by atoms with E-state index in [2.05, 4.69) is 35.8 Å². The third-order valence-corrected chi connectivity index (χ3v) is 7.88. The molecule has 0 aromatic rings. The van der Waals surface area contributed by atoms with E-state index in [9.17, 15) is 0 Å². The molecule has 0 bridgehead atoms. The molecule has 0 atom stereocenters. The summed E-state index contributed by atoms with van der Waals surface area (Å²) in [6.45, 7) is 12.0. The van der Waals surface area contributed by atoms with Gasteiger partial charge in [-0.25, -0.2) is 0 Å². The molecule has 1 aliphatic carbocycles. The monoisotopic (exact) mass is 432 g/mol. The first-order chi connectivity index (χ1) is 15.1. The highest BCUT2D eigenvalue weighted by Gasteiger charge is 2.48. The molecule has 2 saturated heterocycles. The lowest BCUT2D eigenvalue weighted by molar-refractivity contribution is 0.0936. The van der Waals surface area contributed by atoms with Crippen LogP contribution in [0, 0.1) is 10.8 Å². The van der Waals surface area contributed by atoms with Gasteiger partial charge in [-0.1, -0.05) is 39.5 Å². The van der Waals surface area contributed by atoms with E-state index in [0.29, 0.717) is 0 Å². The molecule has 1 spiro atoms. The Bertz CT molecular complexity index is 576. The minimum Gasteiger partial charge on any atom is -0.500 e. The Balaban J connectivity index is 1.53. The van der Waals surface area contributed by atoms with E-state index in [4.69, 9.17) is 9.47 Å². The van der Waals surface area contributed by atoms with Crippen molar-refractivity contribution in [2.24, 2.45) is 10.8 Å². The van der Waals surface area contributed by atoms with Crippen LogP contribution < -0.4 is 0 Å². The van der Waals surface area contributed by atoms with E-state index in [1.165, 1.54) is 77.7 Å². The van der Waals surface area contributed by atoms with Gasteiger partial charge >= 0.3 is 0 Å².